The summed E-state index contributed by atoms with van der Waals surface area (Å²) in [6.45, 7) is 0. The van der Waals surface area contributed by atoms with Crippen LogP contribution in [0, 0.1) is 0 Å². The lowest BCUT2D eigenvalue weighted by Crippen LogP contribution is -1.67. The Morgan fingerprint density at radius 2 is 2.62 bits per heavy atom. The molecule has 0 atom stereocenters. The van der Waals surface area contributed by atoms with Gasteiger partial charge in [0, 0.05) is 0 Å². The number of aromatic hydroxyl groups is 1. The first-order valence-corrected chi connectivity index (χ1v) is 3.52. The molecule has 0 aliphatic heterocycles. The summed E-state index contributed by atoms with van der Waals surface area (Å²) in [7, 11) is 0. The zero-order chi connectivity index (χ0) is 5.98. The smallest absolute Gasteiger partial charge is 0.286 e. The maximum Gasteiger partial charge on any atom is 0.286 e. The van der Waals surface area contributed by atoms with Crippen molar-refractivity contribution in [3.05, 3.63) is 5.38 Å². The van der Waals surface area contributed by atoms with Crippen LogP contribution in [0.1, 0.15) is 0 Å². The minimum atomic E-state index is 0.0154. The topological polar surface area (TPSA) is 42.4 Å². The van der Waals surface area contributed by atoms with Crippen LogP contribution in [0.3, 0.4) is 0 Å². The van der Waals surface area contributed by atoms with Crippen LogP contribution in [0.25, 0.3) is 0 Å². The average Bonchev–Trinajstić information content (AvgIpc) is 2.14. The summed E-state index contributed by atoms with van der Waals surface area (Å²) < 4.78 is 4.65. The number of hydrogen-bond donors (Lipinski definition) is 1. The minimum Gasteiger partial charge on any atom is -0.493 e. The van der Waals surface area contributed by atoms with Gasteiger partial charge in [0.2, 0.25) is 5.88 Å². The van der Waals surface area contributed by atoms with Crippen molar-refractivity contribution in [1.29, 1.82) is 0 Å². The molecule has 0 spiro atoms. The number of hydrogen-bond acceptors (Lipinski definition) is 4. The van der Waals surface area contributed by atoms with Crippen molar-refractivity contribution in [2.24, 2.45) is 0 Å². The van der Waals surface area contributed by atoms with Crippen LogP contribution < -0.4 is 3.07 Å². The fraction of sp³-hybridized carbons (Fsp3) is 0. The third-order valence-corrected chi connectivity index (χ3v) is 1.96. The monoisotopic (exact) mass is 243 g/mol. The van der Waals surface area contributed by atoms with Gasteiger partial charge in [-0.15, -0.1) is 0 Å². The molecule has 0 aliphatic rings. The van der Waals surface area contributed by atoms with Gasteiger partial charge in [0.15, 0.2) is 23.0 Å². The first-order chi connectivity index (χ1) is 3.83. The predicted octanol–water partition coefficient (Wildman–Crippen LogP) is 1.58. The molecule has 8 heavy (non-hydrogen) atoms. The van der Waals surface area contributed by atoms with Gasteiger partial charge in [-0.05, 0) is 0 Å². The fourth-order valence-corrected chi connectivity index (χ4v) is 1.14. The number of nitrogens with zero attached hydrogens (tertiary/aromatic N) is 1. The zero-order valence-corrected chi connectivity index (χ0v) is 6.64. The molecule has 1 rings (SSSR count). The molecular formula is C3H2INO2S. The molecule has 5 heteroatoms. The van der Waals surface area contributed by atoms with E-state index in [1.54, 1.807) is 23.0 Å². The van der Waals surface area contributed by atoms with Gasteiger partial charge in [0.25, 0.3) is 5.19 Å². The third-order valence-electron chi connectivity index (χ3n) is 0.537. The zero-order valence-electron chi connectivity index (χ0n) is 3.67. The van der Waals surface area contributed by atoms with Crippen molar-refractivity contribution >= 4 is 34.3 Å². The Kier molecular flexibility index (Phi) is 1.90. The lowest BCUT2D eigenvalue weighted by molar-refractivity contribution is 0.453. The van der Waals surface area contributed by atoms with Gasteiger partial charge in [0.05, 0.1) is 5.38 Å². The van der Waals surface area contributed by atoms with E-state index in [9.17, 15) is 0 Å². The Morgan fingerprint density at radius 1 is 1.88 bits per heavy atom. The van der Waals surface area contributed by atoms with Crippen LogP contribution in [0.4, 0.5) is 0 Å². The molecule has 0 radical (unpaired) electrons. The molecule has 0 saturated heterocycles. The summed E-state index contributed by atoms with van der Waals surface area (Å²) in [6, 6.07) is 0. The Labute approximate surface area is 64.0 Å². The van der Waals surface area contributed by atoms with Gasteiger partial charge in [0.1, 0.15) is 0 Å². The molecule has 0 aliphatic carbocycles. The first-order valence-electron chi connectivity index (χ1n) is 1.76. The quantitative estimate of drug-likeness (QED) is 0.761. The Bertz CT molecular complexity index is 178. The standard InChI is InChI=1S/C3H2INO2S/c4-7-3-5-2(6)1-8-3/h1,6H. The highest BCUT2D eigenvalue weighted by molar-refractivity contribution is 14.1. The van der Waals surface area contributed by atoms with E-state index in [2.05, 4.69) is 8.05 Å². The molecule has 0 aromatic carbocycles. The second kappa shape index (κ2) is 2.49. The normalized spacial score (nSPS) is 9.12. The molecule has 44 valence electrons. The van der Waals surface area contributed by atoms with Crippen molar-refractivity contribution in [3.8, 4) is 11.1 Å². The first kappa shape index (κ1) is 6.09. The van der Waals surface area contributed by atoms with Crippen molar-refractivity contribution in [2.45, 2.75) is 0 Å². The summed E-state index contributed by atoms with van der Waals surface area (Å²) in [5.41, 5.74) is 0. The van der Waals surface area contributed by atoms with Gasteiger partial charge >= 0.3 is 0 Å². The van der Waals surface area contributed by atoms with Gasteiger partial charge in [-0.2, -0.15) is 4.98 Å². The van der Waals surface area contributed by atoms with Crippen LogP contribution in [-0.4, -0.2) is 10.1 Å². The van der Waals surface area contributed by atoms with Gasteiger partial charge in [-0.1, -0.05) is 11.3 Å². The van der Waals surface area contributed by atoms with Crippen LogP contribution in [0.15, 0.2) is 5.38 Å². The van der Waals surface area contributed by atoms with Gasteiger partial charge < -0.3 is 8.17 Å². The Hall–Kier alpha value is -0.0400. The van der Waals surface area contributed by atoms with Crippen molar-refractivity contribution in [1.82, 2.24) is 4.98 Å². The van der Waals surface area contributed by atoms with Crippen molar-refractivity contribution in [2.75, 3.05) is 0 Å². The summed E-state index contributed by atoms with van der Waals surface area (Å²) in [6.07, 6.45) is 0. The second-order valence-corrected chi connectivity index (χ2v) is 2.31. The van der Waals surface area contributed by atoms with Crippen molar-refractivity contribution in [3.63, 3.8) is 0 Å². The third kappa shape index (κ3) is 1.22. The summed E-state index contributed by atoms with van der Waals surface area (Å²) >= 11 is 2.96. The summed E-state index contributed by atoms with van der Waals surface area (Å²) in [4.78, 5) is 3.57. The van der Waals surface area contributed by atoms with Crippen LogP contribution in [0.2, 0.25) is 0 Å². The van der Waals surface area contributed by atoms with E-state index >= 15 is 0 Å². The lowest BCUT2D eigenvalue weighted by Gasteiger charge is -1.80. The van der Waals surface area contributed by atoms with E-state index in [1.807, 2.05) is 0 Å². The maximum atomic E-state index is 8.60. The molecule has 1 aromatic rings. The van der Waals surface area contributed by atoms with Crippen molar-refractivity contribution < 1.29 is 8.17 Å². The van der Waals surface area contributed by atoms with E-state index in [0.29, 0.717) is 5.19 Å². The molecular weight excluding hydrogens is 241 g/mol. The summed E-state index contributed by atoms with van der Waals surface area (Å²) in [5, 5.41) is 10.6. The largest absolute Gasteiger partial charge is 0.493 e. The molecule has 1 aromatic heterocycles. The molecule has 0 saturated carbocycles. The van der Waals surface area contributed by atoms with E-state index in [4.69, 9.17) is 5.11 Å². The molecule has 0 bridgehead atoms. The van der Waals surface area contributed by atoms with Gasteiger partial charge in [-0.25, -0.2) is 0 Å². The van der Waals surface area contributed by atoms with Crippen LogP contribution in [-0.2, 0) is 0 Å². The number of rotatable bonds is 1. The van der Waals surface area contributed by atoms with E-state index < -0.39 is 0 Å². The molecule has 3 nitrogen and oxygen atoms in total. The van der Waals surface area contributed by atoms with E-state index in [1.165, 1.54) is 16.7 Å². The SMILES string of the molecule is Oc1csc(OI)n1. The van der Waals surface area contributed by atoms with E-state index in [0.717, 1.165) is 0 Å². The Balaban J connectivity index is 2.84. The molecule has 1 heterocycles. The Morgan fingerprint density at radius 3 is 2.88 bits per heavy atom. The highest BCUT2D eigenvalue weighted by Crippen LogP contribution is 2.22. The molecule has 0 fully saturated rings. The molecule has 0 amide bonds. The number of halogens is 1. The minimum absolute atomic E-state index is 0.0154. The highest BCUT2D eigenvalue weighted by atomic mass is 127. The summed E-state index contributed by atoms with van der Waals surface area (Å²) in [5.74, 6) is 0.0154. The number of thiazole rings is 1. The van der Waals surface area contributed by atoms with E-state index in [-0.39, 0.29) is 5.88 Å². The highest BCUT2D eigenvalue weighted by Gasteiger charge is 1.96. The molecule has 1 N–H and O–H groups in total. The lowest BCUT2D eigenvalue weighted by atomic mass is 10.9. The van der Waals surface area contributed by atoms with Crippen LogP contribution >= 0.6 is 34.3 Å². The fourth-order valence-electron chi connectivity index (χ4n) is 0.285. The van der Waals surface area contributed by atoms with Crippen LogP contribution in [0.5, 0.6) is 11.1 Å². The second-order valence-electron chi connectivity index (χ2n) is 1.05. The van der Waals surface area contributed by atoms with Gasteiger partial charge in [-0.3, -0.25) is 0 Å². The molecule has 0 unspecified atom stereocenters. The maximum absolute atomic E-state index is 8.60. The number of aromatic nitrogens is 1. The average molecular weight is 243 g/mol. The predicted molar refractivity (Wildman–Crippen MR) is 38.4 cm³/mol.